The highest BCUT2D eigenvalue weighted by atomic mass is 15.2. The minimum absolute atomic E-state index is 0.0865. The summed E-state index contributed by atoms with van der Waals surface area (Å²) >= 11 is 0. The first-order valence-corrected chi connectivity index (χ1v) is 5.13. The Labute approximate surface area is 80.1 Å². The van der Waals surface area contributed by atoms with Gasteiger partial charge in [-0.1, -0.05) is 26.0 Å². The number of rotatable bonds is 0. The van der Waals surface area contributed by atoms with E-state index >= 15 is 0 Å². The van der Waals surface area contributed by atoms with Crippen molar-refractivity contribution in [2.45, 2.75) is 39.3 Å². The third-order valence-electron chi connectivity index (χ3n) is 3.47. The van der Waals surface area contributed by atoms with Crippen LogP contribution < -0.4 is 0 Å². The summed E-state index contributed by atoms with van der Waals surface area (Å²) < 4.78 is 0. The van der Waals surface area contributed by atoms with Gasteiger partial charge in [-0.2, -0.15) is 10.2 Å². The molecule has 0 aromatic carbocycles. The third kappa shape index (κ3) is 1.32. The van der Waals surface area contributed by atoms with Gasteiger partial charge in [0.1, 0.15) is 0 Å². The van der Waals surface area contributed by atoms with E-state index in [9.17, 15) is 0 Å². The molecule has 2 unspecified atom stereocenters. The van der Waals surface area contributed by atoms with E-state index in [1.165, 1.54) is 0 Å². The van der Waals surface area contributed by atoms with Gasteiger partial charge in [0, 0.05) is 0 Å². The van der Waals surface area contributed by atoms with Gasteiger partial charge in [0.05, 0.1) is 11.6 Å². The zero-order valence-electron chi connectivity index (χ0n) is 8.86. The molecule has 3 rings (SSSR count). The normalized spacial score (nSPS) is 51.4. The molecule has 13 heavy (non-hydrogen) atoms. The summed E-state index contributed by atoms with van der Waals surface area (Å²) in [6.07, 6.45) is 4.54. The van der Waals surface area contributed by atoms with E-state index < -0.39 is 0 Å². The molecule has 2 aliphatic heterocycles. The first-order chi connectivity index (χ1) is 6.01. The Morgan fingerprint density at radius 2 is 1.77 bits per heavy atom. The molecule has 2 bridgehead atoms. The summed E-state index contributed by atoms with van der Waals surface area (Å²) in [5.74, 6) is 2.10. The fourth-order valence-electron chi connectivity index (χ4n) is 2.42. The smallest absolute Gasteiger partial charge is 0.0939 e. The fraction of sp³-hybridized carbons (Fsp3) is 0.818. The lowest BCUT2D eigenvalue weighted by Gasteiger charge is -2.46. The number of nitrogens with zero attached hydrogens (tertiary/aromatic N) is 2. The van der Waals surface area contributed by atoms with Crippen LogP contribution in [0.15, 0.2) is 22.4 Å². The van der Waals surface area contributed by atoms with E-state index in [2.05, 4.69) is 50.1 Å². The Hall–Kier alpha value is -0.660. The Morgan fingerprint density at radius 3 is 2.38 bits per heavy atom. The predicted molar refractivity (Wildman–Crippen MR) is 53.7 cm³/mol. The predicted octanol–water partition coefficient (Wildman–Crippen LogP) is 3.06. The van der Waals surface area contributed by atoms with Crippen molar-refractivity contribution >= 4 is 0 Å². The van der Waals surface area contributed by atoms with Crippen LogP contribution in [0.1, 0.15) is 27.7 Å². The SMILES string of the molecule is CC1C2/C=C\C(C)(C)/N=N\C1C2C. The van der Waals surface area contributed by atoms with E-state index in [0.717, 1.165) is 5.92 Å². The zero-order valence-corrected chi connectivity index (χ0v) is 8.86. The van der Waals surface area contributed by atoms with Crippen LogP contribution in [0, 0.1) is 17.8 Å². The second kappa shape index (κ2) is 2.66. The van der Waals surface area contributed by atoms with Gasteiger partial charge in [0.15, 0.2) is 0 Å². The van der Waals surface area contributed by atoms with Crippen LogP contribution in [-0.2, 0) is 0 Å². The van der Waals surface area contributed by atoms with Crippen LogP contribution in [0.3, 0.4) is 0 Å². The van der Waals surface area contributed by atoms with Crippen molar-refractivity contribution in [2.75, 3.05) is 0 Å². The molecular formula is C11H18N2. The maximum absolute atomic E-state index is 4.44. The molecule has 0 N–H and O–H groups in total. The number of hydrogen-bond acceptors (Lipinski definition) is 2. The highest BCUT2D eigenvalue weighted by Crippen LogP contribution is 2.45. The lowest BCUT2D eigenvalue weighted by Crippen LogP contribution is -2.47. The van der Waals surface area contributed by atoms with E-state index in [1.54, 1.807) is 0 Å². The van der Waals surface area contributed by atoms with Crippen LogP contribution in [-0.4, -0.2) is 11.6 Å². The quantitative estimate of drug-likeness (QED) is 0.509. The summed E-state index contributed by atoms with van der Waals surface area (Å²) in [6, 6.07) is 0.467. The summed E-state index contributed by atoms with van der Waals surface area (Å²) in [6.45, 7) is 8.76. The average molecular weight is 178 g/mol. The monoisotopic (exact) mass is 178 g/mol. The zero-order chi connectivity index (χ0) is 9.64. The molecule has 1 fully saturated rings. The second-order valence-corrected chi connectivity index (χ2v) is 5.01. The van der Waals surface area contributed by atoms with Crippen molar-refractivity contribution in [1.29, 1.82) is 0 Å². The van der Waals surface area contributed by atoms with Gasteiger partial charge in [-0.25, -0.2) is 0 Å². The lowest BCUT2D eigenvalue weighted by molar-refractivity contribution is 0.0947. The van der Waals surface area contributed by atoms with E-state index in [4.69, 9.17) is 0 Å². The molecule has 1 saturated carbocycles. The molecule has 2 nitrogen and oxygen atoms in total. The van der Waals surface area contributed by atoms with Crippen molar-refractivity contribution in [3.8, 4) is 0 Å². The molecule has 0 radical (unpaired) electrons. The molecule has 2 heteroatoms. The Morgan fingerprint density at radius 1 is 1.15 bits per heavy atom. The fourth-order valence-corrected chi connectivity index (χ4v) is 2.42. The van der Waals surface area contributed by atoms with Crippen LogP contribution in [0.5, 0.6) is 0 Å². The van der Waals surface area contributed by atoms with Gasteiger partial charge in [-0.05, 0) is 31.6 Å². The van der Waals surface area contributed by atoms with Crippen molar-refractivity contribution in [3.63, 3.8) is 0 Å². The van der Waals surface area contributed by atoms with Crippen LogP contribution in [0.2, 0.25) is 0 Å². The van der Waals surface area contributed by atoms with Crippen molar-refractivity contribution in [1.82, 2.24) is 0 Å². The molecule has 3 aliphatic rings. The summed E-state index contributed by atoms with van der Waals surface area (Å²) in [4.78, 5) is 0. The molecule has 0 aromatic heterocycles. The van der Waals surface area contributed by atoms with Crippen LogP contribution in [0.25, 0.3) is 0 Å². The average Bonchev–Trinajstić information content (AvgIpc) is 2.01. The van der Waals surface area contributed by atoms with Crippen molar-refractivity contribution < 1.29 is 0 Å². The van der Waals surface area contributed by atoms with Crippen LogP contribution in [0.4, 0.5) is 0 Å². The molecule has 0 aromatic rings. The third-order valence-corrected chi connectivity index (χ3v) is 3.47. The highest BCUT2D eigenvalue weighted by molar-refractivity contribution is 5.13. The topological polar surface area (TPSA) is 24.7 Å². The summed E-state index contributed by atoms with van der Waals surface area (Å²) in [7, 11) is 0. The Balaban J connectivity index is 2.26. The molecule has 0 saturated heterocycles. The minimum Gasteiger partial charge on any atom is -0.189 e. The highest BCUT2D eigenvalue weighted by Gasteiger charge is 2.45. The lowest BCUT2D eigenvalue weighted by atomic mass is 9.62. The molecule has 2 atom stereocenters. The van der Waals surface area contributed by atoms with Gasteiger partial charge in [-0.3, -0.25) is 0 Å². The molecule has 0 amide bonds. The molecule has 0 spiro atoms. The van der Waals surface area contributed by atoms with E-state index in [-0.39, 0.29) is 5.54 Å². The van der Waals surface area contributed by atoms with Crippen molar-refractivity contribution in [2.24, 2.45) is 28.0 Å². The molecule has 72 valence electrons. The van der Waals surface area contributed by atoms with Crippen LogP contribution >= 0.6 is 0 Å². The van der Waals surface area contributed by atoms with Gasteiger partial charge >= 0.3 is 0 Å². The maximum atomic E-state index is 4.44. The van der Waals surface area contributed by atoms with Gasteiger partial charge in [0.25, 0.3) is 0 Å². The van der Waals surface area contributed by atoms with Gasteiger partial charge < -0.3 is 0 Å². The van der Waals surface area contributed by atoms with Crippen molar-refractivity contribution in [3.05, 3.63) is 12.2 Å². The Bertz CT molecular complexity index is 231. The standard InChI is InChI=1S/C11H18N2/c1-7-9-5-6-11(3,4)13-12-10(7)8(9)2/h5-10H,1-4H3/b6-5-,13-12-. The van der Waals surface area contributed by atoms with E-state index in [0.29, 0.717) is 17.9 Å². The number of hydrogen-bond donors (Lipinski definition) is 0. The second-order valence-electron chi connectivity index (χ2n) is 5.01. The summed E-state index contributed by atoms with van der Waals surface area (Å²) in [5, 5.41) is 8.81. The first kappa shape index (κ1) is 8.92. The number of azo groups is 1. The number of fused-ring (bicyclic) bond motifs is 2. The number of allylic oxidation sites excluding steroid dienone is 1. The van der Waals surface area contributed by atoms with E-state index in [1.807, 2.05) is 0 Å². The minimum atomic E-state index is -0.0865. The molecule has 2 heterocycles. The first-order valence-electron chi connectivity index (χ1n) is 5.13. The molecular weight excluding hydrogens is 160 g/mol. The largest absolute Gasteiger partial charge is 0.189 e. The summed E-state index contributed by atoms with van der Waals surface area (Å²) in [5.41, 5.74) is -0.0865. The van der Waals surface area contributed by atoms with Gasteiger partial charge in [-0.15, -0.1) is 0 Å². The maximum Gasteiger partial charge on any atom is 0.0939 e. The Kier molecular flexibility index (Phi) is 1.83. The van der Waals surface area contributed by atoms with Gasteiger partial charge in [0.2, 0.25) is 0 Å². The molecule has 1 aliphatic carbocycles.